The average molecular weight is 246 g/mol. The first-order valence-electron chi connectivity index (χ1n) is 5.85. The molecule has 0 aromatic carbocycles. The molecule has 0 saturated heterocycles. The second-order valence-electron chi connectivity index (χ2n) is 4.18. The lowest BCUT2D eigenvalue weighted by Gasteiger charge is -2.24. The number of likely N-dealkylation sites (N-methyl/N-ethyl adjacent to an activating group) is 1. The zero-order valence-corrected chi connectivity index (χ0v) is 10.6. The summed E-state index contributed by atoms with van der Waals surface area (Å²) < 4.78 is 0. The van der Waals surface area contributed by atoms with E-state index in [1.807, 2.05) is 36.5 Å². The number of anilines is 3. The summed E-state index contributed by atoms with van der Waals surface area (Å²) in [7, 11) is 1.97. The summed E-state index contributed by atoms with van der Waals surface area (Å²) in [5, 5.41) is 3.20. The molecule has 0 aliphatic carbocycles. The van der Waals surface area contributed by atoms with Gasteiger partial charge in [-0.05, 0) is 13.0 Å². The molecule has 0 fully saturated rings. The van der Waals surface area contributed by atoms with Crippen LogP contribution >= 0.6 is 0 Å². The van der Waals surface area contributed by atoms with Crippen LogP contribution in [-0.2, 0) is 0 Å². The minimum absolute atomic E-state index is 0.236. The third kappa shape index (κ3) is 2.78. The van der Waals surface area contributed by atoms with E-state index in [1.54, 1.807) is 6.33 Å². The summed E-state index contributed by atoms with van der Waals surface area (Å²) in [6.45, 7) is 2.64. The average Bonchev–Trinajstić information content (AvgIpc) is 2.90. The van der Waals surface area contributed by atoms with Gasteiger partial charge in [-0.25, -0.2) is 9.97 Å². The van der Waals surface area contributed by atoms with Gasteiger partial charge in [0.15, 0.2) is 0 Å². The lowest BCUT2D eigenvalue weighted by atomic mass is 10.3. The highest BCUT2D eigenvalue weighted by Crippen LogP contribution is 2.18. The van der Waals surface area contributed by atoms with E-state index in [4.69, 9.17) is 5.73 Å². The molecule has 18 heavy (non-hydrogen) atoms. The molecule has 0 amide bonds. The molecular formula is C12H18N6. The van der Waals surface area contributed by atoms with E-state index in [1.165, 1.54) is 0 Å². The van der Waals surface area contributed by atoms with E-state index < -0.39 is 0 Å². The van der Waals surface area contributed by atoms with Crippen molar-refractivity contribution in [1.29, 1.82) is 0 Å². The molecule has 2 aromatic rings. The molecule has 0 saturated carbocycles. The Morgan fingerprint density at radius 3 is 3.00 bits per heavy atom. The van der Waals surface area contributed by atoms with Crippen molar-refractivity contribution in [3.63, 3.8) is 0 Å². The van der Waals surface area contributed by atoms with Crippen LogP contribution in [-0.4, -0.2) is 34.6 Å². The molecule has 0 aliphatic heterocycles. The van der Waals surface area contributed by atoms with Crippen LogP contribution in [0.3, 0.4) is 0 Å². The van der Waals surface area contributed by atoms with Gasteiger partial charge >= 0.3 is 0 Å². The van der Waals surface area contributed by atoms with Gasteiger partial charge in [-0.3, -0.25) is 0 Å². The second-order valence-corrected chi connectivity index (χ2v) is 4.18. The zero-order chi connectivity index (χ0) is 13.0. The molecule has 0 radical (unpaired) electrons. The molecule has 2 heterocycles. The number of nitrogens with two attached hydrogens (primary N) is 1. The largest absolute Gasteiger partial charge is 0.366 e. The van der Waals surface area contributed by atoms with Crippen LogP contribution in [0.15, 0.2) is 30.9 Å². The number of nitrogens with zero attached hydrogens (tertiary/aromatic N) is 3. The Balaban J connectivity index is 2.14. The van der Waals surface area contributed by atoms with Crippen LogP contribution in [0, 0.1) is 0 Å². The first-order chi connectivity index (χ1) is 8.70. The van der Waals surface area contributed by atoms with Gasteiger partial charge in [0.25, 0.3) is 0 Å². The van der Waals surface area contributed by atoms with Gasteiger partial charge in [0.05, 0.1) is 5.69 Å². The van der Waals surface area contributed by atoms with Crippen molar-refractivity contribution < 1.29 is 0 Å². The first-order valence-corrected chi connectivity index (χ1v) is 5.85. The van der Waals surface area contributed by atoms with E-state index >= 15 is 0 Å². The smallest absolute Gasteiger partial charge is 0.135 e. The Labute approximate surface area is 106 Å². The normalized spacial score (nSPS) is 12.2. The summed E-state index contributed by atoms with van der Waals surface area (Å²) in [4.78, 5) is 13.5. The van der Waals surface area contributed by atoms with Crippen molar-refractivity contribution in [1.82, 2.24) is 15.0 Å². The maximum atomic E-state index is 5.65. The van der Waals surface area contributed by atoms with Gasteiger partial charge in [-0.15, -0.1) is 0 Å². The molecule has 6 nitrogen and oxygen atoms in total. The number of hydrogen-bond donors (Lipinski definition) is 3. The maximum absolute atomic E-state index is 5.65. The molecule has 0 spiro atoms. The van der Waals surface area contributed by atoms with Gasteiger partial charge in [-0.2, -0.15) is 0 Å². The number of hydrogen-bond acceptors (Lipinski definition) is 5. The Bertz CT molecular complexity index is 481. The second kappa shape index (κ2) is 5.50. The fourth-order valence-electron chi connectivity index (χ4n) is 1.54. The topological polar surface area (TPSA) is 82.9 Å². The Morgan fingerprint density at radius 1 is 1.50 bits per heavy atom. The Hall–Kier alpha value is -2.08. The van der Waals surface area contributed by atoms with Crippen LogP contribution in [0.5, 0.6) is 0 Å². The molecular weight excluding hydrogens is 228 g/mol. The summed E-state index contributed by atoms with van der Waals surface area (Å²) >= 11 is 0. The predicted octanol–water partition coefficient (Wildman–Crippen LogP) is 1.33. The van der Waals surface area contributed by atoms with E-state index in [0.717, 1.165) is 17.3 Å². The van der Waals surface area contributed by atoms with E-state index in [9.17, 15) is 0 Å². The molecule has 1 atom stereocenters. The lowest BCUT2D eigenvalue weighted by molar-refractivity contribution is 0.686. The molecule has 2 rings (SSSR count). The predicted molar refractivity (Wildman–Crippen MR) is 73.0 cm³/mol. The zero-order valence-electron chi connectivity index (χ0n) is 10.6. The minimum atomic E-state index is 0.236. The van der Waals surface area contributed by atoms with Crippen LogP contribution in [0.2, 0.25) is 0 Å². The van der Waals surface area contributed by atoms with Gasteiger partial charge in [0.1, 0.15) is 18.0 Å². The van der Waals surface area contributed by atoms with Crippen molar-refractivity contribution in [3.8, 4) is 0 Å². The highest BCUT2D eigenvalue weighted by Gasteiger charge is 2.10. The maximum Gasteiger partial charge on any atom is 0.135 e. The molecule has 0 aliphatic rings. The van der Waals surface area contributed by atoms with Crippen molar-refractivity contribution in [2.24, 2.45) is 5.73 Å². The van der Waals surface area contributed by atoms with E-state index in [0.29, 0.717) is 6.54 Å². The monoisotopic (exact) mass is 246 g/mol. The Morgan fingerprint density at radius 2 is 2.33 bits per heavy atom. The summed E-state index contributed by atoms with van der Waals surface area (Å²) in [6.07, 6.45) is 5.27. The molecule has 2 aromatic heterocycles. The van der Waals surface area contributed by atoms with E-state index in [-0.39, 0.29) is 6.04 Å². The quantitative estimate of drug-likeness (QED) is 0.741. The van der Waals surface area contributed by atoms with Crippen LogP contribution in [0.25, 0.3) is 0 Å². The summed E-state index contributed by atoms with van der Waals surface area (Å²) in [5.74, 6) is 1.61. The summed E-state index contributed by atoms with van der Waals surface area (Å²) in [5.41, 5.74) is 6.62. The number of nitrogens with one attached hydrogen (secondary N) is 2. The van der Waals surface area contributed by atoms with Crippen LogP contribution in [0.1, 0.15) is 6.92 Å². The third-order valence-electron chi connectivity index (χ3n) is 2.89. The van der Waals surface area contributed by atoms with Gasteiger partial charge in [-0.1, -0.05) is 0 Å². The van der Waals surface area contributed by atoms with E-state index in [2.05, 4.69) is 27.2 Å². The van der Waals surface area contributed by atoms with Crippen LogP contribution in [0.4, 0.5) is 17.3 Å². The van der Waals surface area contributed by atoms with Crippen LogP contribution < -0.4 is 16.0 Å². The summed E-state index contributed by atoms with van der Waals surface area (Å²) in [6, 6.07) is 4.08. The SMILES string of the molecule is CC(CN)N(C)c1cc(Nc2cc[nH]c2)ncn1. The van der Waals surface area contributed by atoms with Gasteiger partial charge < -0.3 is 20.9 Å². The minimum Gasteiger partial charge on any atom is -0.366 e. The highest BCUT2D eigenvalue weighted by atomic mass is 15.2. The van der Waals surface area contributed by atoms with Crippen molar-refractivity contribution in [2.75, 3.05) is 23.8 Å². The number of H-pyrrole nitrogens is 1. The molecule has 0 bridgehead atoms. The number of aromatic amines is 1. The van der Waals surface area contributed by atoms with Crippen molar-refractivity contribution >= 4 is 17.3 Å². The lowest BCUT2D eigenvalue weighted by Crippen LogP contribution is -2.35. The molecule has 6 heteroatoms. The highest BCUT2D eigenvalue weighted by molar-refractivity contribution is 5.58. The van der Waals surface area contributed by atoms with Crippen molar-refractivity contribution in [3.05, 3.63) is 30.9 Å². The van der Waals surface area contributed by atoms with Crippen molar-refractivity contribution in [2.45, 2.75) is 13.0 Å². The number of rotatable bonds is 5. The first kappa shape index (κ1) is 12.4. The third-order valence-corrected chi connectivity index (χ3v) is 2.89. The van der Waals surface area contributed by atoms with Gasteiger partial charge in [0, 0.05) is 38.1 Å². The van der Waals surface area contributed by atoms with Gasteiger partial charge in [0.2, 0.25) is 0 Å². The fourth-order valence-corrected chi connectivity index (χ4v) is 1.54. The fraction of sp³-hybridized carbons (Fsp3) is 0.333. The molecule has 4 N–H and O–H groups in total. The number of aromatic nitrogens is 3. The molecule has 1 unspecified atom stereocenters. The molecule has 96 valence electrons. The standard InChI is InChI=1S/C12H18N6/c1-9(6-13)18(2)12-5-11(15-8-16-12)17-10-3-4-14-7-10/h3-5,7-9,14H,6,13H2,1-2H3,(H,15,16,17). The Kier molecular flexibility index (Phi) is 3.78.